The third kappa shape index (κ3) is 3.44. The first-order valence-electron chi connectivity index (χ1n) is 5.10. The van der Waals surface area contributed by atoms with Crippen molar-refractivity contribution in [3.63, 3.8) is 0 Å². The Bertz CT molecular complexity index is 246. The number of hydrazine groups is 1. The van der Waals surface area contributed by atoms with Crippen molar-refractivity contribution in [2.75, 3.05) is 0 Å². The maximum atomic E-state index is 5.51. The molecule has 0 bridgehead atoms. The lowest BCUT2D eigenvalue weighted by molar-refractivity contribution is 0.447. The summed E-state index contributed by atoms with van der Waals surface area (Å²) in [5, 5.41) is 0. The molecule has 0 amide bonds. The van der Waals surface area contributed by atoms with Crippen LogP contribution in [0.1, 0.15) is 38.3 Å². The third-order valence-corrected chi connectivity index (χ3v) is 2.32. The molecule has 14 heavy (non-hydrogen) atoms. The summed E-state index contributed by atoms with van der Waals surface area (Å²) in [6.45, 7) is 4.44. The van der Waals surface area contributed by atoms with Crippen LogP contribution in [0.4, 0.5) is 0 Å². The molecule has 0 aliphatic heterocycles. The molecule has 1 rings (SSSR count). The topological polar surface area (TPSA) is 50.9 Å². The van der Waals surface area contributed by atoms with Gasteiger partial charge in [-0.25, -0.2) is 0 Å². The zero-order valence-corrected chi connectivity index (χ0v) is 8.90. The quantitative estimate of drug-likeness (QED) is 0.555. The number of nitrogens with one attached hydrogen (secondary N) is 1. The molecule has 3 heteroatoms. The number of pyridine rings is 1. The van der Waals surface area contributed by atoms with Crippen molar-refractivity contribution in [2.24, 2.45) is 11.8 Å². The largest absolute Gasteiger partial charge is 0.271 e. The van der Waals surface area contributed by atoms with Gasteiger partial charge in [0.1, 0.15) is 0 Å². The number of nitrogens with zero attached hydrogens (tertiary/aromatic N) is 1. The fourth-order valence-electron chi connectivity index (χ4n) is 1.43. The van der Waals surface area contributed by atoms with E-state index < -0.39 is 0 Å². The normalized spacial score (nSPS) is 13.1. The molecular formula is C11H19N3. The highest BCUT2D eigenvalue weighted by Gasteiger charge is 2.09. The second-order valence-corrected chi connectivity index (χ2v) is 3.98. The summed E-state index contributed by atoms with van der Waals surface area (Å²) >= 11 is 0. The highest BCUT2D eigenvalue weighted by atomic mass is 15.2. The minimum atomic E-state index is 0.228. The van der Waals surface area contributed by atoms with Gasteiger partial charge in [-0.1, -0.05) is 19.9 Å². The van der Waals surface area contributed by atoms with Crippen LogP contribution in [-0.4, -0.2) is 4.98 Å². The Morgan fingerprint density at radius 2 is 2.21 bits per heavy atom. The molecule has 0 radical (unpaired) electrons. The van der Waals surface area contributed by atoms with Crippen LogP contribution in [0.5, 0.6) is 0 Å². The summed E-state index contributed by atoms with van der Waals surface area (Å²) in [6.07, 6.45) is 5.87. The molecule has 0 saturated heterocycles. The molecular weight excluding hydrogens is 174 g/mol. The van der Waals surface area contributed by atoms with E-state index in [1.165, 1.54) is 6.42 Å². The summed E-state index contributed by atoms with van der Waals surface area (Å²) in [4.78, 5) is 4.09. The minimum absolute atomic E-state index is 0.228. The lowest BCUT2D eigenvalue weighted by Gasteiger charge is -2.16. The molecule has 3 nitrogen and oxygen atoms in total. The van der Waals surface area contributed by atoms with Gasteiger partial charge in [-0.3, -0.25) is 16.3 Å². The Morgan fingerprint density at radius 1 is 1.43 bits per heavy atom. The molecule has 0 aromatic carbocycles. The lowest BCUT2D eigenvalue weighted by atomic mass is 9.99. The van der Waals surface area contributed by atoms with Crippen LogP contribution >= 0.6 is 0 Å². The maximum absolute atomic E-state index is 5.51. The predicted molar refractivity (Wildman–Crippen MR) is 58.4 cm³/mol. The Balaban J connectivity index is 2.54. The van der Waals surface area contributed by atoms with Gasteiger partial charge >= 0.3 is 0 Å². The number of aromatic nitrogens is 1. The molecule has 3 N–H and O–H groups in total. The average molecular weight is 193 g/mol. The minimum Gasteiger partial charge on any atom is -0.271 e. The smallest absolute Gasteiger partial charge is 0.0475 e. The summed E-state index contributed by atoms with van der Waals surface area (Å²) in [5.41, 5.74) is 4.00. The molecule has 1 aromatic heterocycles. The van der Waals surface area contributed by atoms with Gasteiger partial charge in [-0.05, 0) is 30.4 Å². The van der Waals surface area contributed by atoms with Crippen molar-refractivity contribution in [1.29, 1.82) is 0 Å². The Morgan fingerprint density at radius 3 is 2.71 bits per heavy atom. The number of hydrogen-bond acceptors (Lipinski definition) is 3. The SMILES string of the molecule is CC(C)CCC(NN)c1cccnc1. The average Bonchev–Trinajstić information content (AvgIpc) is 2.20. The van der Waals surface area contributed by atoms with E-state index in [-0.39, 0.29) is 6.04 Å². The van der Waals surface area contributed by atoms with E-state index in [9.17, 15) is 0 Å². The summed E-state index contributed by atoms with van der Waals surface area (Å²) in [7, 11) is 0. The third-order valence-electron chi connectivity index (χ3n) is 2.32. The second-order valence-electron chi connectivity index (χ2n) is 3.98. The van der Waals surface area contributed by atoms with Crippen LogP contribution in [0, 0.1) is 5.92 Å². The van der Waals surface area contributed by atoms with Crippen LogP contribution in [0.2, 0.25) is 0 Å². The molecule has 0 saturated carbocycles. The van der Waals surface area contributed by atoms with E-state index >= 15 is 0 Å². The Hall–Kier alpha value is -0.930. The molecule has 0 aliphatic rings. The van der Waals surface area contributed by atoms with Crippen LogP contribution in [0.25, 0.3) is 0 Å². The number of hydrogen-bond donors (Lipinski definition) is 2. The Kier molecular flexibility index (Phi) is 4.56. The molecule has 1 aromatic rings. The summed E-state index contributed by atoms with van der Waals surface area (Å²) < 4.78 is 0. The van der Waals surface area contributed by atoms with Crippen molar-refractivity contribution in [3.8, 4) is 0 Å². The zero-order chi connectivity index (χ0) is 10.4. The first kappa shape index (κ1) is 11.1. The van der Waals surface area contributed by atoms with Gasteiger partial charge in [0.05, 0.1) is 0 Å². The molecule has 0 aliphatic carbocycles. The first-order chi connectivity index (χ1) is 6.74. The Labute approximate surface area is 85.7 Å². The van der Waals surface area contributed by atoms with E-state index in [1.54, 1.807) is 6.20 Å². The van der Waals surface area contributed by atoms with E-state index in [0.717, 1.165) is 12.0 Å². The van der Waals surface area contributed by atoms with Crippen molar-refractivity contribution >= 4 is 0 Å². The van der Waals surface area contributed by atoms with Crippen molar-refractivity contribution < 1.29 is 0 Å². The van der Waals surface area contributed by atoms with E-state index in [4.69, 9.17) is 5.84 Å². The van der Waals surface area contributed by atoms with Crippen molar-refractivity contribution in [1.82, 2.24) is 10.4 Å². The monoisotopic (exact) mass is 193 g/mol. The molecule has 1 unspecified atom stereocenters. The van der Waals surface area contributed by atoms with Crippen LogP contribution in [0.3, 0.4) is 0 Å². The van der Waals surface area contributed by atoms with Gasteiger partial charge in [0, 0.05) is 18.4 Å². The molecule has 1 heterocycles. The van der Waals surface area contributed by atoms with Gasteiger partial charge in [-0.2, -0.15) is 0 Å². The second kappa shape index (κ2) is 5.73. The van der Waals surface area contributed by atoms with Gasteiger partial charge in [-0.15, -0.1) is 0 Å². The van der Waals surface area contributed by atoms with E-state index in [0.29, 0.717) is 5.92 Å². The van der Waals surface area contributed by atoms with Crippen LogP contribution in [-0.2, 0) is 0 Å². The van der Waals surface area contributed by atoms with E-state index in [2.05, 4.69) is 30.3 Å². The standard InChI is InChI=1S/C11H19N3/c1-9(2)5-6-11(14-12)10-4-3-7-13-8-10/h3-4,7-9,11,14H,5-6,12H2,1-2H3. The van der Waals surface area contributed by atoms with Crippen molar-refractivity contribution in [3.05, 3.63) is 30.1 Å². The summed E-state index contributed by atoms with van der Waals surface area (Å²) in [5.74, 6) is 6.22. The molecule has 0 spiro atoms. The maximum Gasteiger partial charge on any atom is 0.0475 e. The highest BCUT2D eigenvalue weighted by Crippen LogP contribution is 2.18. The number of rotatable bonds is 5. The van der Waals surface area contributed by atoms with Crippen LogP contribution in [0.15, 0.2) is 24.5 Å². The highest BCUT2D eigenvalue weighted by molar-refractivity contribution is 5.13. The fraction of sp³-hybridized carbons (Fsp3) is 0.545. The lowest BCUT2D eigenvalue weighted by Crippen LogP contribution is -2.28. The van der Waals surface area contributed by atoms with Gasteiger partial charge in [0.15, 0.2) is 0 Å². The van der Waals surface area contributed by atoms with Gasteiger partial charge < -0.3 is 0 Å². The predicted octanol–water partition coefficient (Wildman–Crippen LogP) is 2.02. The summed E-state index contributed by atoms with van der Waals surface area (Å²) in [6, 6.07) is 4.22. The molecule has 0 fully saturated rings. The first-order valence-corrected chi connectivity index (χ1v) is 5.10. The molecule has 78 valence electrons. The van der Waals surface area contributed by atoms with Gasteiger partial charge in [0.2, 0.25) is 0 Å². The van der Waals surface area contributed by atoms with E-state index in [1.807, 2.05) is 12.3 Å². The van der Waals surface area contributed by atoms with Gasteiger partial charge in [0.25, 0.3) is 0 Å². The fourth-order valence-corrected chi connectivity index (χ4v) is 1.43. The molecule has 1 atom stereocenters. The van der Waals surface area contributed by atoms with Crippen LogP contribution < -0.4 is 11.3 Å². The number of nitrogens with two attached hydrogens (primary N) is 1. The van der Waals surface area contributed by atoms with Crippen molar-refractivity contribution in [2.45, 2.75) is 32.7 Å². The zero-order valence-electron chi connectivity index (χ0n) is 8.90.